The van der Waals surface area contributed by atoms with E-state index >= 15 is 0 Å². The average Bonchev–Trinajstić information content (AvgIpc) is 2.28. The summed E-state index contributed by atoms with van der Waals surface area (Å²) in [6, 6.07) is 12.5. The summed E-state index contributed by atoms with van der Waals surface area (Å²) < 4.78 is 13.5. The minimum atomic E-state index is -0.231. The van der Waals surface area contributed by atoms with Crippen LogP contribution in [0.1, 0.15) is 5.56 Å². The molecule has 0 aliphatic carbocycles. The van der Waals surface area contributed by atoms with Gasteiger partial charge < -0.3 is 5.73 Å². The lowest BCUT2D eigenvalue weighted by Crippen LogP contribution is -2.02. The van der Waals surface area contributed by atoms with E-state index in [1.54, 1.807) is 0 Å². The van der Waals surface area contributed by atoms with Crippen molar-refractivity contribution in [3.05, 3.63) is 58.9 Å². The summed E-state index contributed by atoms with van der Waals surface area (Å²) in [5.41, 5.74) is 6.40. The van der Waals surface area contributed by atoms with Crippen molar-refractivity contribution < 1.29 is 4.39 Å². The first kappa shape index (κ1) is 13.4. The zero-order valence-corrected chi connectivity index (χ0v) is 11.3. The molecule has 1 nitrogen and oxygen atoms in total. The van der Waals surface area contributed by atoms with Gasteiger partial charge in [-0.25, -0.2) is 4.39 Å². The van der Waals surface area contributed by atoms with Gasteiger partial charge in [-0.3, -0.25) is 0 Å². The minimum Gasteiger partial charge on any atom is -0.330 e. The molecule has 0 aliphatic heterocycles. The molecule has 2 aromatic rings. The molecule has 0 aromatic heterocycles. The number of rotatable bonds is 4. The van der Waals surface area contributed by atoms with Crippen LogP contribution >= 0.6 is 23.4 Å². The van der Waals surface area contributed by atoms with Crippen molar-refractivity contribution in [1.82, 2.24) is 0 Å². The second-order valence-corrected chi connectivity index (χ2v) is 5.48. The predicted molar refractivity (Wildman–Crippen MR) is 74.7 cm³/mol. The summed E-state index contributed by atoms with van der Waals surface area (Å²) in [6.45, 7) is 0.519. The standard InChI is InChI=1S/C14H13ClFNS/c15-11-2-1-3-13(8-11)18-14-7-10(4-5-17)6-12(16)9-14/h1-3,6-9H,4-5,17H2. The maximum Gasteiger partial charge on any atom is 0.124 e. The molecule has 0 unspecified atom stereocenters. The smallest absolute Gasteiger partial charge is 0.124 e. The highest BCUT2D eigenvalue weighted by molar-refractivity contribution is 7.99. The van der Waals surface area contributed by atoms with Gasteiger partial charge in [0.2, 0.25) is 0 Å². The first-order valence-corrected chi connectivity index (χ1v) is 6.80. The summed E-state index contributed by atoms with van der Waals surface area (Å²) in [7, 11) is 0. The third-order valence-corrected chi connectivity index (χ3v) is 3.59. The van der Waals surface area contributed by atoms with Gasteiger partial charge in [0.25, 0.3) is 0 Å². The lowest BCUT2D eigenvalue weighted by molar-refractivity contribution is 0.621. The van der Waals surface area contributed by atoms with Gasteiger partial charge in [0, 0.05) is 14.8 Å². The molecule has 2 aromatic carbocycles. The largest absolute Gasteiger partial charge is 0.330 e. The summed E-state index contributed by atoms with van der Waals surface area (Å²) in [5, 5.41) is 0.679. The molecule has 0 heterocycles. The third-order valence-electron chi connectivity index (χ3n) is 2.40. The predicted octanol–water partition coefficient (Wildman–Crippen LogP) is 4.13. The van der Waals surface area contributed by atoms with Crippen LogP contribution in [0, 0.1) is 5.82 Å². The van der Waals surface area contributed by atoms with Gasteiger partial charge in [0.1, 0.15) is 5.82 Å². The van der Waals surface area contributed by atoms with Crippen molar-refractivity contribution in [2.75, 3.05) is 6.54 Å². The maximum absolute atomic E-state index is 13.5. The lowest BCUT2D eigenvalue weighted by Gasteiger charge is -2.05. The van der Waals surface area contributed by atoms with Gasteiger partial charge >= 0.3 is 0 Å². The third kappa shape index (κ3) is 3.73. The number of benzene rings is 2. The van der Waals surface area contributed by atoms with Crippen molar-refractivity contribution in [3.8, 4) is 0 Å². The Morgan fingerprint density at radius 3 is 2.67 bits per heavy atom. The summed E-state index contributed by atoms with van der Waals surface area (Å²) >= 11 is 7.41. The summed E-state index contributed by atoms with van der Waals surface area (Å²) in [6.07, 6.45) is 0.681. The molecule has 0 saturated carbocycles. The first-order valence-electron chi connectivity index (χ1n) is 5.60. The Bertz CT molecular complexity index is 545. The molecular formula is C14H13ClFNS. The SMILES string of the molecule is NCCc1cc(F)cc(Sc2cccc(Cl)c2)c1. The van der Waals surface area contributed by atoms with E-state index < -0.39 is 0 Å². The van der Waals surface area contributed by atoms with Crippen LogP contribution in [0.4, 0.5) is 4.39 Å². The Hall–Kier alpha value is -1.03. The molecule has 0 radical (unpaired) electrons. The van der Waals surface area contributed by atoms with Gasteiger partial charge in [0.05, 0.1) is 0 Å². The second kappa shape index (κ2) is 6.23. The molecule has 94 valence electrons. The zero-order chi connectivity index (χ0) is 13.0. The zero-order valence-electron chi connectivity index (χ0n) is 9.70. The van der Waals surface area contributed by atoms with Gasteiger partial charge in [-0.1, -0.05) is 29.4 Å². The van der Waals surface area contributed by atoms with E-state index in [1.165, 1.54) is 23.9 Å². The van der Waals surface area contributed by atoms with Crippen LogP contribution in [-0.4, -0.2) is 6.54 Å². The highest BCUT2D eigenvalue weighted by Gasteiger charge is 2.03. The van der Waals surface area contributed by atoms with Crippen LogP contribution in [0.2, 0.25) is 5.02 Å². The maximum atomic E-state index is 13.5. The normalized spacial score (nSPS) is 10.6. The molecule has 2 rings (SSSR count). The molecule has 0 saturated heterocycles. The Morgan fingerprint density at radius 2 is 1.94 bits per heavy atom. The van der Waals surface area contributed by atoms with Gasteiger partial charge in [0.15, 0.2) is 0 Å². The fraction of sp³-hybridized carbons (Fsp3) is 0.143. The first-order chi connectivity index (χ1) is 8.67. The van der Waals surface area contributed by atoms with Crippen molar-refractivity contribution >= 4 is 23.4 Å². The molecule has 0 aliphatic rings. The monoisotopic (exact) mass is 281 g/mol. The van der Waals surface area contributed by atoms with Crippen LogP contribution in [0.5, 0.6) is 0 Å². The second-order valence-electron chi connectivity index (χ2n) is 3.89. The number of hydrogen-bond donors (Lipinski definition) is 1. The van der Waals surface area contributed by atoms with Crippen LogP contribution in [0.25, 0.3) is 0 Å². The van der Waals surface area contributed by atoms with E-state index in [0.717, 1.165) is 15.4 Å². The van der Waals surface area contributed by atoms with E-state index in [1.807, 2.05) is 30.3 Å². The molecule has 0 bridgehead atoms. The Morgan fingerprint density at radius 1 is 1.11 bits per heavy atom. The summed E-state index contributed by atoms with van der Waals surface area (Å²) in [4.78, 5) is 1.85. The van der Waals surface area contributed by atoms with Crippen LogP contribution in [0.3, 0.4) is 0 Å². The molecule has 0 spiro atoms. The Labute approximate surface area is 115 Å². The summed E-state index contributed by atoms with van der Waals surface area (Å²) in [5.74, 6) is -0.231. The van der Waals surface area contributed by atoms with Gasteiger partial charge in [-0.15, -0.1) is 0 Å². The molecule has 0 atom stereocenters. The molecule has 0 fully saturated rings. The quantitative estimate of drug-likeness (QED) is 0.912. The molecular weight excluding hydrogens is 269 g/mol. The highest BCUT2D eigenvalue weighted by Crippen LogP contribution is 2.30. The van der Waals surface area contributed by atoms with E-state index in [9.17, 15) is 4.39 Å². The van der Waals surface area contributed by atoms with Crippen LogP contribution < -0.4 is 5.73 Å². The molecule has 4 heteroatoms. The topological polar surface area (TPSA) is 26.0 Å². The van der Waals surface area contributed by atoms with Gasteiger partial charge in [-0.2, -0.15) is 0 Å². The van der Waals surface area contributed by atoms with Crippen molar-refractivity contribution in [3.63, 3.8) is 0 Å². The van der Waals surface area contributed by atoms with Crippen molar-refractivity contribution in [1.29, 1.82) is 0 Å². The Balaban J connectivity index is 2.23. The van der Waals surface area contributed by atoms with Gasteiger partial charge in [-0.05, 0) is 54.9 Å². The van der Waals surface area contributed by atoms with Crippen molar-refractivity contribution in [2.45, 2.75) is 16.2 Å². The molecule has 18 heavy (non-hydrogen) atoms. The highest BCUT2D eigenvalue weighted by atomic mass is 35.5. The fourth-order valence-electron chi connectivity index (χ4n) is 1.66. The van der Waals surface area contributed by atoms with E-state index in [2.05, 4.69) is 0 Å². The lowest BCUT2D eigenvalue weighted by atomic mass is 10.1. The van der Waals surface area contributed by atoms with Crippen LogP contribution in [-0.2, 0) is 6.42 Å². The molecule has 2 N–H and O–H groups in total. The van der Waals surface area contributed by atoms with Crippen molar-refractivity contribution in [2.24, 2.45) is 5.73 Å². The average molecular weight is 282 g/mol. The number of halogens is 2. The van der Waals surface area contributed by atoms with E-state index in [0.29, 0.717) is 18.0 Å². The van der Waals surface area contributed by atoms with E-state index in [-0.39, 0.29) is 5.82 Å². The minimum absolute atomic E-state index is 0.231. The number of nitrogens with two attached hydrogens (primary N) is 1. The van der Waals surface area contributed by atoms with E-state index in [4.69, 9.17) is 17.3 Å². The fourth-order valence-corrected chi connectivity index (χ4v) is 2.90. The van der Waals surface area contributed by atoms with Crippen LogP contribution in [0.15, 0.2) is 52.3 Å². The molecule has 0 amide bonds. The number of hydrogen-bond acceptors (Lipinski definition) is 2. The Kier molecular flexibility index (Phi) is 4.64.